The van der Waals surface area contributed by atoms with Crippen molar-refractivity contribution in [2.45, 2.75) is 47.0 Å². The maximum absolute atomic E-state index is 13.0. The number of benzene rings is 3. The molecule has 0 fully saturated rings. The predicted octanol–water partition coefficient (Wildman–Crippen LogP) is 10.2. The van der Waals surface area contributed by atoms with Gasteiger partial charge in [0.05, 0.1) is 21.8 Å². The van der Waals surface area contributed by atoms with Crippen LogP contribution >= 0.6 is 11.6 Å². The number of fused-ring (bicyclic) bond motifs is 1. The van der Waals surface area contributed by atoms with Crippen molar-refractivity contribution in [2.24, 2.45) is 0 Å². The fraction of sp³-hybridized carbons (Fsp3) is 0.189. The fourth-order valence-electron chi connectivity index (χ4n) is 3.93. The van der Waals surface area contributed by atoms with E-state index in [2.05, 4.69) is 60.8 Å². The van der Waals surface area contributed by atoms with E-state index in [1.807, 2.05) is 74.5 Å². The molecule has 3 aromatic carbocycles. The Hall–Kier alpha value is -4.81. The molecule has 0 saturated carbocycles. The van der Waals surface area contributed by atoms with Crippen LogP contribution in [0.25, 0.3) is 22.2 Å². The van der Waals surface area contributed by atoms with Gasteiger partial charge in [0, 0.05) is 27.9 Å². The molecule has 0 aliphatic heterocycles. The van der Waals surface area contributed by atoms with E-state index in [-0.39, 0.29) is 22.4 Å². The molecular weight excluding hydrogens is 568 g/mol. The number of carbonyl (C=O) groups excluding carboxylic acids is 2. The van der Waals surface area contributed by atoms with E-state index in [4.69, 9.17) is 11.6 Å². The molecule has 1 heterocycles. The molecular formula is C37H43ClN4O2. The molecule has 0 atom stereocenters. The minimum atomic E-state index is -0.371. The number of aromatic nitrogens is 2. The second-order valence-corrected chi connectivity index (χ2v) is 9.18. The van der Waals surface area contributed by atoms with Gasteiger partial charge in [0.2, 0.25) is 0 Å². The molecule has 0 unspecified atom stereocenters. The van der Waals surface area contributed by atoms with Crippen molar-refractivity contribution >= 4 is 40.0 Å². The third-order valence-corrected chi connectivity index (χ3v) is 5.98. The summed E-state index contributed by atoms with van der Waals surface area (Å²) in [6.07, 6.45) is 10.5. The highest BCUT2D eigenvalue weighted by atomic mass is 35.5. The zero-order chi connectivity index (χ0) is 32.9. The Morgan fingerprint density at radius 1 is 0.841 bits per heavy atom. The van der Waals surface area contributed by atoms with Gasteiger partial charge < -0.3 is 10.6 Å². The summed E-state index contributed by atoms with van der Waals surface area (Å²) in [5.74, 6) is -0.647. The SMILES string of the molecule is C=C.C=C.CC.CCC.O=C(NC1=CCCC=C1)c1ccc(C(=O)Nc2cccc(-c3ncnc4ccccc34)c2)c(Cl)c1. The number of rotatable bonds is 5. The molecule has 1 aliphatic rings. The van der Waals surface area contributed by atoms with Crippen LogP contribution in [0.3, 0.4) is 0 Å². The number of hydrogen-bond donors (Lipinski definition) is 2. The Morgan fingerprint density at radius 2 is 1.55 bits per heavy atom. The van der Waals surface area contributed by atoms with Gasteiger partial charge in [0.25, 0.3) is 11.8 Å². The Balaban J connectivity index is 0.000000980. The molecule has 7 heteroatoms. The van der Waals surface area contributed by atoms with Gasteiger partial charge in [-0.1, -0.05) is 88.2 Å². The average Bonchev–Trinajstić information content (AvgIpc) is 3.08. The number of nitrogens with zero attached hydrogens (tertiary/aromatic N) is 2. The predicted molar refractivity (Wildman–Crippen MR) is 188 cm³/mol. The van der Waals surface area contributed by atoms with Crippen molar-refractivity contribution in [2.75, 3.05) is 5.32 Å². The first-order valence-corrected chi connectivity index (χ1v) is 15.0. The molecule has 0 spiro atoms. The number of carbonyl (C=O) groups is 2. The zero-order valence-electron chi connectivity index (χ0n) is 26.2. The maximum Gasteiger partial charge on any atom is 0.257 e. The number of nitrogens with one attached hydrogen (secondary N) is 2. The summed E-state index contributed by atoms with van der Waals surface area (Å²) in [6, 6.07) is 19.9. The number of amides is 2. The molecule has 230 valence electrons. The topological polar surface area (TPSA) is 84.0 Å². The van der Waals surface area contributed by atoms with Crippen molar-refractivity contribution in [1.29, 1.82) is 0 Å². The van der Waals surface area contributed by atoms with Crippen LogP contribution in [-0.4, -0.2) is 21.8 Å². The molecule has 5 rings (SSSR count). The van der Waals surface area contributed by atoms with Crippen molar-refractivity contribution in [3.63, 3.8) is 0 Å². The number of halogens is 1. The molecule has 6 nitrogen and oxygen atoms in total. The van der Waals surface area contributed by atoms with E-state index in [9.17, 15) is 9.59 Å². The molecule has 0 radical (unpaired) electrons. The Labute approximate surface area is 267 Å². The van der Waals surface area contributed by atoms with Crippen LogP contribution < -0.4 is 10.6 Å². The number of hydrogen-bond acceptors (Lipinski definition) is 4. The van der Waals surface area contributed by atoms with Crippen molar-refractivity contribution in [3.05, 3.63) is 139 Å². The number of allylic oxidation sites excluding steroid dienone is 3. The van der Waals surface area contributed by atoms with Gasteiger partial charge in [-0.25, -0.2) is 9.97 Å². The van der Waals surface area contributed by atoms with Crippen LogP contribution in [0.4, 0.5) is 5.69 Å². The van der Waals surface area contributed by atoms with Gasteiger partial charge in [0.15, 0.2) is 0 Å². The van der Waals surface area contributed by atoms with Gasteiger partial charge in [0.1, 0.15) is 6.33 Å². The molecule has 1 aliphatic carbocycles. The summed E-state index contributed by atoms with van der Waals surface area (Å²) < 4.78 is 0. The molecule has 0 bridgehead atoms. The van der Waals surface area contributed by atoms with Gasteiger partial charge >= 0.3 is 0 Å². The molecule has 44 heavy (non-hydrogen) atoms. The normalized spacial score (nSPS) is 10.9. The highest BCUT2D eigenvalue weighted by molar-refractivity contribution is 6.34. The van der Waals surface area contributed by atoms with Crippen LogP contribution in [0.1, 0.15) is 67.7 Å². The molecule has 0 saturated heterocycles. The van der Waals surface area contributed by atoms with Gasteiger partial charge in [-0.2, -0.15) is 0 Å². The van der Waals surface area contributed by atoms with Gasteiger partial charge in [-0.15, -0.1) is 26.3 Å². The smallest absolute Gasteiger partial charge is 0.257 e. The summed E-state index contributed by atoms with van der Waals surface area (Å²) in [5.41, 5.74) is 4.49. The largest absolute Gasteiger partial charge is 0.322 e. The fourth-order valence-corrected chi connectivity index (χ4v) is 4.19. The highest BCUT2D eigenvalue weighted by Crippen LogP contribution is 2.28. The molecule has 4 aromatic rings. The van der Waals surface area contributed by atoms with Crippen molar-refractivity contribution < 1.29 is 9.59 Å². The monoisotopic (exact) mass is 610 g/mol. The summed E-state index contributed by atoms with van der Waals surface area (Å²) in [5, 5.41) is 6.86. The summed E-state index contributed by atoms with van der Waals surface area (Å²) in [4.78, 5) is 34.3. The van der Waals surface area contributed by atoms with Crippen LogP contribution in [0.15, 0.2) is 123 Å². The minimum Gasteiger partial charge on any atom is -0.322 e. The van der Waals surface area contributed by atoms with E-state index in [0.717, 1.165) is 40.7 Å². The summed E-state index contributed by atoms with van der Waals surface area (Å²) >= 11 is 6.38. The van der Waals surface area contributed by atoms with E-state index in [0.29, 0.717) is 11.3 Å². The second-order valence-electron chi connectivity index (χ2n) is 8.77. The highest BCUT2D eigenvalue weighted by Gasteiger charge is 2.15. The van der Waals surface area contributed by atoms with Crippen LogP contribution in [0, 0.1) is 0 Å². The van der Waals surface area contributed by atoms with E-state index in [1.165, 1.54) is 18.8 Å². The van der Waals surface area contributed by atoms with Crippen LogP contribution in [0.5, 0.6) is 0 Å². The standard InChI is InChI=1S/C28H21ClN4O2.C3H8.C2H6.2C2H4/c29-24-16-19(27(34)32-20-8-2-1-3-9-20)13-14-22(24)28(35)33-21-10-6-7-18(15-21)26-23-11-4-5-12-25(23)30-17-31-26;1-3-2;3*1-2/h2,4-17H,1,3H2,(H,32,34)(H,33,35);3H2,1-2H3;1-2H3;2*1-2H2. The Morgan fingerprint density at radius 3 is 2.20 bits per heavy atom. The quantitative estimate of drug-likeness (QED) is 0.220. The minimum absolute atomic E-state index is 0.196. The third-order valence-electron chi connectivity index (χ3n) is 5.67. The lowest BCUT2D eigenvalue weighted by molar-refractivity contribution is 0.0964. The first-order chi connectivity index (χ1) is 21.5. The zero-order valence-corrected chi connectivity index (χ0v) is 27.0. The first kappa shape index (κ1) is 37.2. The average molecular weight is 611 g/mol. The Bertz CT molecular complexity index is 1560. The van der Waals surface area contributed by atoms with Gasteiger partial charge in [-0.3, -0.25) is 9.59 Å². The van der Waals surface area contributed by atoms with E-state index >= 15 is 0 Å². The number of anilines is 1. The van der Waals surface area contributed by atoms with E-state index < -0.39 is 0 Å². The van der Waals surface area contributed by atoms with Crippen molar-refractivity contribution in [3.8, 4) is 11.3 Å². The summed E-state index contributed by atoms with van der Waals surface area (Å²) in [7, 11) is 0. The van der Waals surface area contributed by atoms with Crippen LogP contribution in [-0.2, 0) is 0 Å². The van der Waals surface area contributed by atoms with Crippen molar-refractivity contribution in [1.82, 2.24) is 15.3 Å². The van der Waals surface area contributed by atoms with E-state index in [1.54, 1.807) is 18.2 Å². The lowest BCUT2D eigenvalue weighted by Gasteiger charge is -2.12. The third kappa shape index (κ3) is 10.8. The molecule has 2 amide bonds. The lowest BCUT2D eigenvalue weighted by Crippen LogP contribution is -2.22. The molecule has 1 aromatic heterocycles. The van der Waals surface area contributed by atoms with Crippen LogP contribution in [0.2, 0.25) is 5.02 Å². The summed E-state index contributed by atoms with van der Waals surface area (Å²) in [6.45, 7) is 20.2. The number of para-hydroxylation sites is 1. The van der Waals surface area contributed by atoms with Gasteiger partial charge in [-0.05, 0) is 55.3 Å². The maximum atomic E-state index is 13.0. The second kappa shape index (κ2) is 21.0. The molecule has 2 N–H and O–H groups in total. The first-order valence-electron chi connectivity index (χ1n) is 14.6. The Kier molecular flexibility index (Phi) is 17.7. The lowest BCUT2D eigenvalue weighted by atomic mass is 10.1.